The Morgan fingerprint density at radius 2 is 2.45 bits per heavy atom. The first-order valence-corrected chi connectivity index (χ1v) is 3.18. The molecule has 11 heavy (non-hydrogen) atoms. The van der Waals surface area contributed by atoms with Crippen LogP contribution in [0.4, 0.5) is 0 Å². The molecule has 0 N–H and O–H groups in total. The zero-order chi connectivity index (χ0) is 8.27. The summed E-state index contributed by atoms with van der Waals surface area (Å²) in [5, 5.41) is 7.79. The Labute approximate surface area is 68.2 Å². The van der Waals surface area contributed by atoms with Crippen LogP contribution in [-0.2, 0) is 0 Å². The van der Waals surface area contributed by atoms with Crippen molar-refractivity contribution in [3.05, 3.63) is 29.6 Å². The van der Waals surface area contributed by atoms with Crippen molar-refractivity contribution in [1.29, 1.82) is 5.26 Å². The Hall–Kier alpha value is -1.40. The van der Waals surface area contributed by atoms with Gasteiger partial charge in [0, 0.05) is 6.20 Å². The molecule has 0 saturated carbocycles. The lowest BCUT2D eigenvalue weighted by atomic mass is 10.2. The lowest BCUT2D eigenvalue weighted by Crippen LogP contribution is -1.95. The summed E-state index contributed by atoms with van der Waals surface area (Å²) in [4.78, 5) is 14.3. The average Bonchev–Trinajstić information content (AvgIpc) is 2.04. The highest BCUT2D eigenvalue weighted by Gasteiger charge is 2.07. The molecule has 0 atom stereocenters. The summed E-state index contributed by atoms with van der Waals surface area (Å²) in [5.41, 5.74) is 0.212. The van der Waals surface area contributed by atoms with Gasteiger partial charge < -0.3 is 0 Å². The summed E-state index contributed by atoms with van der Waals surface area (Å²) < 4.78 is 0. The quantitative estimate of drug-likeness (QED) is 0.592. The summed E-state index contributed by atoms with van der Waals surface area (Å²) in [5.74, 6) is 0. The number of pyridine rings is 1. The van der Waals surface area contributed by atoms with Crippen molar-refractivity contribution in [2.45, 2.75) is 0 Å². The average molecular weight is 167 g/mol. The first-order valence-electron chi connectivity index (χ1n) is 2.80. The number of rotatable bonds is 1. The maximum atomic E-state index is 10.6. The van der Waals surface area contributed by atoms with E-state index in [9.17, 15) is 4.79 Å². The SMILES string of the molecule is N#Cc1ncccc1C(=O)Cl. The first-order chi connectivity index (χ1) is 5.25. The second-order valence-corrected chi connectivity index (χ2v) is 2.13. The highest BCUT2D eigenvalue weighted by molar-refractivity contribution is 6.67. The fraction of sp³-hybridized carbons (Fsp3) is 0. The van der Waals surface area contributed by atoms with E-state index in [0.29, 0.717) is 0 Å². The number of hydrogen-bond donors (Lipinski definition) is 0. The molecule has 0 radical (unpaired) electrons. The molecule has 1 aromatic rings. The Kier molecular flexibility index (Phi) is 2.19. The molecular weight excluding hydrogens is 164 g/mol. The number of nitriles is 1. The van der Waals surface area contributed by atoms with Crippen molar-refractivity contribution in [2.24, 2.45) is 0 Å². The second-order valence-electron chi connectivity index (χ2n) is 1.79. The molecule has 3 nitrogen and oxygen atoms in total. The molecule has 0 aliphatic carbocycles. The van der Waals surface area contributed by atoms with Crippen LogP contribution < -0.4 is 0 Å². The van der Waals surface area contributed by atoms with Crippen molar-refractivity contribution in [3.8, 4) is 6.07 Å². The molecule has 0 amide bonds. The van der Waals surface area contributed by atoms with E-state index in [2.05, 4.69) is 4.98 Å². The number of halogens is 1. The number of carbonyl (C=O) groups is 1. The lowest BCUT2D eigenvalue weighted by molar-refractivity contribution is 0.108. The molecule has 54 valence electrons. The molecule has 0 aliphatic heterocycles. The summed E-state index contributed by atoms with van der Waals surface area (Å²) in [7, 11) is 0. The zero-order valence-electron chi connectivity index (χ0n) is 5.41. The second kappa shape index (κ2) is 3.13. The van der Waals surface area contributed by atoms with Gasteiger partial charge >= 0.3 is 0 Å². The largest absolute Gasteiger partial charge is 0.275 e. The van der Waals surface area contributed by atoms with Gasteiger partial charge in [0.2, 0.25) is 0 Å². The molecular formula is C7H3ClN2O. The van der Waals surface area contributed by atoms with Gasteiger partial charge in [0.1, 0.15) is 6.07 Å². The van der Waals surface area contributed by atoms with Crippen LogP contribution >= 0.6 is 11.6 Å². The van der Waals surface area contributed by atoms with E-state index >= 15 is 0 Å². The molecule has 0 aromatic carbocycles. The van der Waals surface area contributed by atoms with E-state index < -0.39 is 5.24 Å². The van der Waals surface area contributed by atoms with Crippen LogP contribution in [0.1, 0.15) is 16.1 Å². The normalized spacial score (nSPS) is 8.73. The van der Waals surface area contributed by atoms with Crippen LogP contribution in [0.15, 0.2) is 18.3 Å². The fourth-order valence-electron chi connectivity index (χ4n) is 0.653. The van der Waals surface area contributed by atoms with E-state index in [-0.39, 0.29) is 11.3 Å². The van der Waals surface area contributed by atoms with Crippen LogP contribution in [0.5, 0.6) is 0 Å². The predicted molar refractivity (Wildman–Crippen MR) is 39.1 cm³/mol. The third-order valence-corrected chi connectivity index (χ3v) is 1.33. The summed E-state index contributed by atoms with van der Waals surface area (Å²) >= 11 is 5.16. The summed E-state index contributed by atoms with van der Waals surface area (Å²) in [6.45, 7) is 0. The van der Waals surface area contributed by atoms with Gasteiger partial charge in [-0.15, -0.1) is 0 Å². The first kappa shape index (κ1) is 7.70. The fourth-order valence-corrected chi connectivity index (χ4v) is 0.806. The van der Waals surface area contributed by atoms with Crippen LogP contribution in [0.2, 0.25) is 0 Å². The highest BCUT2D eigenvalue weighted by Crippen LogP contribution is 2.06. The van der Waals surface area contributed by atoms with Gasteiger partial charge in [0.05, 0.1) is 5.56 Å². The minimum atomic E-state index is -0.658. The van der Waals surface area contributed by atoms with Gasteiger partial charge in [0.25, 0.3) is 5.24 Å². The lowest BCUT2D eigenvalue weighted by Gasteiger charge is -1.92. The Morgan fingerprint density at radius 3 is 2.91 bits per heavy atom. The maximum absolute atomic E-state index is 10.6. The third-order valence-electron chi connectivity index (χ3n) is 1.13. The minimum absolute atomic E-state index is 0.0625. The summed E-state index contributed by atoms with van der Waals surface area (Å²) in [6.07, 6.45) is 1.43. The Bertz CT molecular complexity index is 329. The Balaban J connectivity index is 3.26. The van der Waals surface area contributed by atoms with Crippen LogP contribution in [0.25, 0.3) is 0 Å². The minimum Gasteiger partial charge on any atom is -0.275 e. The van der Waals surface area contributed by atoms with Crippen molar-refractivity contribution in [2.75, 3.05) is 0 Å². The molecule has 0 spiro atoms. The number of nitrogens with zero attached hydrogens (tertiary/aromatic N) is 2. The molecule has 1 rings (SSSR count). The smallest absolute Gasteiger partial charge is 0.255 e. The Morgan fingerprint density at radius 1 is 1.73 bits per heavy atom. The summed E-state index contributed by atoms with van der Waals surface area (Å²) in [6, 6.07) is 4.77. The van der Waals surface area contributed by atoms with Gasteiger partial charge in [-0.25, -0.2) is 4.98 Å². The number of carbonyl (C=O) groups excluding carboxylic acids is 1. The van der Waals surface area contributed by atoms with Crippen LogP contribution in [0, 0.1) is 11.3 Å². The van der Waals surface area contributed by atoms with E-state index in [0.717, 1.165) is 0 Å². The predicted octanol–water partition coefficient (Wildman–Crippen LogP) is 1.33. The molecule has 0 fully saturated rings. The van der Waals surface area contributed by atoms with Crippen molar-refractivity contribution in [3.63, 3.8) is 0 Å². The highest BCUT2D eigenvalue weighted by atomic mass is 35.5. The van der Waals surface area contributed by atoms with Gasteiger partial charge in [-0.2, -0.15) is 5.26 Å². The van der Waals surface area contributed by atoms with Gasteiger partial charge in [0.15, 0.2) is 5.69 Å². The van der Waals surface area contributed by atoms with Crippen molar-refractivity contribution < 1.29 is 4.79 Å². The van der Waals surface area contributed by atoms with Crippen LogP contribution in [-0.4, -0.2) is 10.2 Å². The maximum Gasteiger partial charge on any atom is 0.255 e. The van der Waals surface area contributed by atoms with Crippen molar-refractivity contribution in [1.82, 2.24) is 4.98 Å². The standard InChI is InChI=1S/C7H3ClN2O/c8-7(11)5-2-1-3-10-6(5)4-9/h1-3H. The number of hydrogen-bond acceptors (Lipinski definition) is 3. The molecule has 0 aliphatic rings. The van der Waals surface area contributed by atoms with E-state index in [1.807, 2.05) is 0 Å². The van der Waals surface area contributed by atoms with Gasteiger partial charge in [-0.1, -0.05) is 0 Å². The molecule has 4 heteroatoms. The molecule has 0 bridgehead atoms. The van der Waals surface area contributed by atoms with E-state index in [1.54, 1.807) is 12.1 Å². The van der Waals surface area contributed by atoms with Gasteiger partial charge in [-0.3, -0.25) is 4.79 Å². The van der Waals surface area contributed by atoms with E-state index in [1.165, 1.54) is 12.3 Å². The third kappa shape index (κ3) is 1.54. The topological polar surface area (TPSA) is 53.8 Å². The molecule has 1 heterocycles. The molecule has 0 unspecified atom stereocenters. The van der Waals surface area contributed by atoms with Crippen molar-refractivity contribution >= 4 is 16.8 Å². The van der Waals surface area contributed by atoms with Gasteiger partial charge in [-0.05, 0) is 23.7 Å². The molecule has 0 saturated heterocycles. The zero-order valence-corrected chi connectivity index (χ0v) is 6.17. The monoisotopic (exact) mass is 166 g/mol. The van der Waals surface area contributed by atoms with E-state index in [4.69, 9.17) is 16.9 Å². The number of aromatic nitrogens is 1. The van der Waals surface area contributed by atoms with Crippen LogP contribution in [0.3, 0.4) is 0 Å². The molecule has 1 aromatic heterocycles.